The number of ether oxygens (including phenoxy) is 4. The van der Waals surface area contributed by atoms with Gasteiger partial charge in [0, 0.05) is 19.5 Å². The molecule has 0 bridgehead atoms. The van der Waals surface area contributed by atoms with Gasteiger partial charge < -0.3 is 35.1 Å². The van der Waals surface area contributed by atoms with E-state index in [-0.39, 0.29) is 25.5 Å². The highest BCUT2D eigenvalue weighted by Gasteiger charge is 2.45. The van der Waals surface area contributed by atoms with Crippen LogP contribution >= 0.6 is 0 Å². The van der Waals surface area contributed by atoms with Gasteiger partial charge >= 0.3 is 6.03 Å². The molecule has 4 amide bonds. The number of hydrogen-bond donors (Lipinski definition) is 4. The third kappa shape index (κ3) is 9.14. The maximum atomic E-state index is 13.0. The maximum Gasteiger partial charge on any atom is 0.326 e. The van der Waals surface area contributed by atoms with E-state index in [0.29, 0.717) is 24.6 Å². The van der Waals surface area contributed by atoms with Crippen LogP contribution < -0.4 is 25.8 Å². The number of unbranched alkanes of at least 4 members (excludes halogenated alkanes) is 3. The quantitative estimate of drug-likeness (QED) is 0.0932. The van der Waals surface area contributed by atoms with Crippen molar-refractivity contribution < 1.29 is 38.4 Å². The van der Waals surface area contributed by atoms with Crippen LogP contribution in [-0.4, -0.2) is 86.7 Å². The maximum absolute atomic E-state index is 13.0. The molecular formula is C39H48N4O8. The van der Waals surface area contributed by atoms with Crippen LogP contribution in [0.3, 0.4) is 0 Å². The second-order valence-electron chi connectivity index (χ2n) is 12.7. The standard InChI is InChI=1S/C39H48N4O8/c1-48-31-17-13-29(14-18-31)39(28-10-6-5-7-11-28,30-15-19-32(49-2)20-16-30)50-26-34-33(44)24-36(51-34)43-25-27(37(46)42-38(43)47)12-21-35(45)41-23-9-4-3-8-22-40/h5-7,10-21,27,33-34,36,44H,3-4,8-9,22-26,40H2,1-2H3,(H,41,45)(H,42,46,47)/b21-12+. The predicted molar refractivity (Wildman–Crippen MR) is 191 cm³/mol. The first-order chi connectivity index (χ1) is 24.8. The van der Waals surface area contributed by atoms with Crippen molar-refractivity contribution in [1.82, 2.24) is 15.5 Å². The zero-order valence-corrected chi connectivity index (χ0v) is 29.2. The van der Waals surface area contributed by atoms with Crippen molar-refractivity contribution in [2.75, 3.05) is 40.5 Å². The summed E-state index contributed by atoms with van der Waals surface area (Å²) in [7, 11) is 3.22. The highest BCUT2D eigenvalue weighted by atomic mass is 16.6. The van der Waals surface area contributed by atoms with Gasteiger partial charge in [0.05, 0.1) is 32.8 Å². The number of carbonyl (C=O) groups excluding carboxylic acids is 3. The third-order valence-electron chi connectivity index (χ3n) is 9.32. The third-order valence-corrected chi connectivity index (χ3v) is 9.32. The molecule has 0 saturated carbocycles. The van der Waals surface area contributed by atoms with E-state index in [0.717, 1.165) is 42.4 Å². The Kier molecular flexibility index (Phi) is 13.2. The lowest BCUT2D eigenvalue weighted by atomic mass is 9.80. The van der Waals surface area contributed by atoms with Gasteiger partial charge in [-0.15, -0.1) is 0 Å². The number of aliphatic hydroxyl groups is 1. The number of hydrogen-bond acceptors (Lipinski definition) is 9. The lowest BCUT2D eigenvalue weighted by molar-refractivity contribution is -0.129. The molecule has 3 aromatic rings. The number of benzene rings is 3. The number of nitrogens with zero attached hydrogens (tertiary/aromatic N) is 1. The Balaban J connectivity index is 1.31. The normalized spacial score (nSPS) is 20.7. The molecule has 4 atom stereocenters. The number of methoxy groups -OCH3 is 2. The van der Waals surface area contributed by atoms with Gasteiger partial charge in [0.25, 0.3) is 0 Å². The molecule has 12 heteroatoms. The van der Waals surface area contributed by atoms with Crippen LogP contribution in [0.5, 0.6) is 11.5 Å². The van der Waals surface area contributed by atoms with Crippen LogP contribution in [0, 0.1) is 5.92 Å². The summed E-state index contributed by atoms with van der Waals surface area (Å²) in [5, 5.41) is 16.4. The number of nitrogens with two attached hydrogens (primary N) is 1. The molecule has 5 rings (SSSR count). The topological polar surface area (TPSA) is 162 Å². The second-order valence-corrected chi connectivity index (χ2v) is 12.7. The monoisotopic (exact) mass is 700 g/mol. The lowest BCUT2D eigenvalue weighted by Gasteiger charge is -2.37. The molecule has 0 aliphatic carbocycles. The van der Waals surface area contributed by atoms with Crippen molar-refractivity contribution in [3.05, 3.63) is 108 Å². The summed E-state index contributed by atoms with van der Waals surface area (Å²) < 4.78 is 24.1. The van der Waals surface area contributed by atoms with Crippen LogP contribution in [0.25, 0.3) is 0 Å². The Hall–Kier alpha value is -4.75. The van der Waals surface area contributed by atoms with E-state index in [4.69, 9.17) is 24.7 Å². The van der Waals surface area contributed by atoms with E-state index in [9.17, 15) is 19.5 Å². The summed E-state index contributed by atoms with van der Waals surface area (Å²) in [6, 6.07) is 24.4. The minimum absolute atomic E-state index is 0.00977. The SMILES string of the molecule is COc1ccc(C(OCC2OC(N3CC(/C=C/C(=O)NCCCCCCN)C(=O)NC3=O)CC2O)(c2ccccc2)c2ccc(OC)cc2)cc1. The molecular weight excluding hydrogens is 652 g/mol. The van der Waals surface area contributed by atoms with E-state index in [1.165, 1.54) is 17.1 Å². The van der Waals surface area contributed by atoms with Crippen LogP contribution in [0.2, 0.25) is 0 Å². The molecule has 272 valence electrons. The van der Waals surface area contributed by atoms with E-state index in [1.807, 2.05) is 78.9 Å². The van der Waals surface area contributed by atoms with E-state index in [2.05, 4.69) is 10.6 Å². The summed E-state index contributed by atoms with van der Waals surface area (Å²) in [4.78, 5) is 39.4. The van der Waals surface area contributed by atoms with Crippen molar-refractivity contribution in [1.29, 1.82) is 0 Å². The molecule has 2 saturated heterocycles. The number of imide groups is 1. The molecule has 3 aromatic carbocycles. The molecule has 4 unspecified atom stereocenters. The summed E-state index contributed by atoms with van der Waals surface area (Å²) in [6.45, 7) is 1.13. The number of aliphatic hydroxyl groups excluding tert-OH is 1. The first-order valence-corrected chi connectivity index (χ1v) is 17.4. The smallest absolute Gasteiger partial charge is 0.326 e. The van der Waals surface area contributed by atoms with Crippen LogP contribution in [0.4, 0.5) is 4.79 Å². The number of urea groups is 1. The van der Waals surface area contributed by atoms with Gasteiger partial charge in [-0.05, 0) is 66.4 Å². The Morgan fingerprint density at radius 2 is 1.55 bits per heavy atom. The summed E-state index contributed by atoms with van der Waals surface area (Å²) in [5.41, 5.74) is 6.89. The fourth-order valence-electron chi connectivity index (χ4n) is 6.48. The molecule has 0 aromatic heterocycles. The highest BCUT2D eigenvalue weighted by Crippen LogP contribution is 2.42. The molecule has 2 aliphatic heterocycles. The zero-order valence-electron chi connectivity index (χ0n) is 29.2. The Morgan fingerprint density at radius 3 is 2.16 bits per heavy atom. The molecule has 2 fully saturated rings. The number of amides is 4. The Bertz CT molecular complexity index is 1570. The minimum atomic E-state index is -1.13. The number of nitrogens with one attached hydrogen (secondary N) is 2. The van der Waals surface area contributed by atoms with Gasteiger partial charge in [-0.25, -0.2) is 4.79 Å². The van der Waals surface area contributed by atoms with Gasteiger partial charge in [-0.3, -0.25) is 19.8 Å². The van der Waals surface area contributed by atoms with E-state index < -0.39 is 41.9 Å². The van der Waals surface area contributed by atoms with Crippen molar-refractivity contribution in [3.63, 3.8) is 0 Å². The lowest BCUT2D eigenvalue weighted by Crippen LogP contribution is -2.57. The number of rotatable bonds is 17. The minimum Gasteiger partial charge on any atom is -0.497 e. The van der Waals surface area contributed by atoms with Gasteiger partial charge in [0.15, 0.2) is 0 Å². The van der Waals surface area contributed by atoms with Crippen molar-refractivity contribution in [2.45, 2.75) is 56.1 Å². The highest BCUT2D eigenvalue weighted by molar-refractivity contribution is 5.99. The van der Waals surface area contributed by atoms with Crippen molar-refractivity contribution in [3.8, 4) is 11.5 Å². The average molecular weight is 701 g/mol. The molecule has 12 nitrogen and oxygen atoms in total. The molecule has 51 heavy (non-hydrogen) atoms. The van der Waals surface area contributed by atoms with Crippen LogP contribution in [0.1, 0.15) is 48.8 Å². The molecule has 2 heterocycles. The first-order valence-electron chi connectivity index (χ1n) is 17.4. The zero-order chi connectivity index (χ0) is 36.2. The Morgan fingerprint density at radius 1 is 0.941 bits per heavy atom. The van der Waals surface area contributed by atoms with Gasteiger partial charge in [-0.2, -0.15) is 0 Å². The number of carbonyl (C=O) groups is 3. The molecule has 2 aliphatic rings. The molecule has 0 radical (unpaired) electrons. The Labute approximate surface area is 298 Å². The largest absolute Gasteiger partial charge is 0.497 e. The average Bonchev–Trinajstić information content (AvgIpc) is 3.53. The van der Waals surface area contributed by atoms with Gasteiger partial charge in [0.2, 0.25) is 11.8 Å². The first kappa shape index (κ1) is 37.5. The van der Waals surface area contributed by atoms with Crippen LogP contribution in [0.15, 0.2) is 91.0 Å². The fraction of sp³-hybridized carbons (Fsp3) is 0.410. The van der Waals surface area contributed by atoms with Crippen molar-refractivity contribution >= 4 is 17.8 Å². The molecule has 0 spiro atoms. The van der Waals surface area contributed by atoms with E-state index >= 15 is 0 Å². The van der Waals surface area contributed by atoms with Crippen LogP contribution in [-0.2, 0) is 24.7 Å². The fourth-order valence-corrected chi connectivity index (χ4v) is 6.48. The van der Waals surface area contributed by atoms with E-state index in [1.54, 1.807) is 14.2 Å². The van der Waals surface area contributed by atoms with Crippen molar-refractivity contribution in [2.24, 2.45) is 11.7 Å². The summed E-state index contributed by atoms with van der Waals surface area (Å²) in [6.07, 6.45) is 4.10. The van der Waals surface area contributed by atoms with Gasteiger partial charge in [-0.1, -0.05) is 73.5 Å². The second kappa shape index (κ2) is 18.0. The predicted octanol–water partition coefficient (Wildman–Crippen LogP) is 3.85. The summed E-state index contributed by atoms with van der Waals surface area (Å²) in [5.74, 6) is -0.217. The van der Waals surface area contributed by atoms with Gasteiger partial charge in [0.1, 0.15) is 29.4 Å². The molecule has 5 N–H and O–H groups in total. The summed E-state index contributed by atoms with van der Waals surface area (Å²) >= 11 is 0.